The molecule has 1 rings (SSSR count). The van der Waals surface area contributed by atoms with Gasteiger partial charge in [0.25, 0.3) is 0 Å². The summed E-state index contributed by atoms with van der Waals surface area (Å²) in [4.78, 5) is 25.2. The molecule has 0 radical (unpaired) electrons. The van der Waals surface area contributed by atoms with Crippen molar-refractivity contribution >= 4 is 17.6 Å². The average Bonchev–Trinajstić information content (AvgIpc) is 2.27. The van der Waals surface area contributed by atoms with Gasteiger partial charge in [0.2, 0.25) is 11.8 Å². The molecule has 0 unspecified atom stereocenters. The summed E-state index contributed by atoms with van der Waals surface area (Å²) in [6.45, 7) is 0. The summed E-state index contributed by atoms with van der Waals surface area (Å²) in [6.07, 6.45) is 3.09. The fourth-order valence-corrected chi connectivity index (χ4v) is 0.906. The zero-order chi connectivity index (χ0) is 12.0. The Morgan fingerprint density at radius 3 is 2.69 bits per heavy atom. The minimum absolute atomic E-state index is 0.430. The Balaban J connectivity index is 2.59. The number of rotatable bonds is 4. The van der Waals surface area contributed by atoms with E-state index in [1.54, 1.807) is 12.1 Å². The number of methoxy groups -OCH3 is 1. The van der Waals surface area contributed by atoms with Gasteiger partial charge in [-0.1, -0.05) is 0 Å². The van der Waals surface area contributed by atoms with Crippen molar-refractivity contribution in [2.45, 2.75) is 0 Å². The van der Waals surface area contributed by atoms with E-state index in [1.165, 1.54) is 13.3 Å². The van der Waals surface area contributed by atoms with Crippen LogP contribution in [0.2, 0.25) is 0 Å². The highest BCUT2D eigenvalue weighted by atomic mass is 16.5. The van der Waals surface area contributed by atoms with Crippen molar-refractivity contribution in [1.82, 2.24) is 4.98 Å². The lowest BCUT2D eigenvalue weighted by molar-refractivity contribution is -0.131. The molecule has 2 N–H and O–H groups in total. The number of nitrogens with zero attached hydrogens (tertiary/aromatic N) is 1. The Kier molecular flexibility index (Phi) is 4.02. The first-order chi connectivity index (χ1) is 7.61. The molecule has 0 saturated heterocycles. The molecule has 6 nitrogen and oxygen atoms in total. The standard InChI is InChI=1S/C10H10N2O4/c1-16-9-4-2-7(6-11-9)12-8(13)3-5-10(14)15/h2-6H,1H3,(H,12,13)(H,14,15)/b5-3+. The predicted molar refractivity (Wildman–Crippen MR) is 56.2 cm³/mol. The Bertz CT molecular complexity index is 411. The summed E-state index contributed by atoms with van der Waals surface area (Å²) in [5, 5.41) is 10.7. The molecule has 0 aromatic carbocycles. The third-order valence-corrected chi connectivity index (χ3v) is 1.59. The maximum absolute atomic E-state index is 11.2. The highest BCUT2D eigenvalue weighted by Crippen LogP contribution is 2.10. The molecule has 0 saturated carbocycles. The number of hydrogen-bond donors (Lipinski definition) is 2. The van der Waals surface area contributed by atoms with E-state index in [4.69, 9.17) is 9.84 Å². The summed E-state index contributed by atoms with van der Waals surface area (Å²) >= 11 is 0. The zero-order valence-corrected chi connectivity index (χ0v) is 8.51. The molecule has 1 aromatic rings. The van der Waals surface area contributed by atoms with E-state index in [1.807, 2.05) is 0 Å². The van der Waals surface area contributed by atoms with Gasteiger partial charge in [-0.05, 0) is 6.07 Å². The molecule has 1 amide bonds. The molecule has 0 spiro atoms. The molecule has 0 aliphatic rings. The summed E-state index contributed by atoms with van der Waals surface area (Å²) < 4.78 is 4.84. The number of anilines is 1. The van der Waals surface area contributed by atoms with Crippen LogP contribution in [0.25, 0.3) is 0 Å². The van der Waals surface area contributed by atoms with Gasteiger partial charge in [0.1, 0.15) is 0 Å². The molecular weight excluding hydrogens is 212 g/mol. The monoisotopic (exact) mass is 222 g/mol. The average molecular weight is 222 g/mol. The van der Waals surface area contributed by atoms with Crippen LogP contribution in [0.5, 0.6) is 5.88 Å². The van der Waals surface area contributed by atoms with Gasteiger partial charge in [-0.15, -0.1) is 0 Å². The zero-order valence-electron chi connectivity index (χ0n) is 8.51. The molecule has 0 bridgehead atoms. The van der Waals surface area contributed by atoms with E-state index in [-0.39, 0.29) is 0 Å². The smallest absolute Gasteiger partial charge is 0.328 e. The topological polar surface area (TPSA) is 88.5 Å². The van der Waals surface area contributed by atoms with E-state index >= 15 is 0 Å². The van der Waals surface area contributed by atoms with E-state index in [9.17, 15) is 9.59 Å². The van der Waals surface area contributed by atoms with E-state index in [0.717, 1.165) is 12.2 Å². The molecule has 1 aromatic heterocycles. The van der Waals surface area contributed by atoms with Gasteiger partial charge < -0.3 is 15.2 Å². The van der Waals surface area contributed by atoms with Gasteiger partial charge in [0.05, 0.1) is 19.0 Å². The quantitative estimate of drug-likeness (QED) is 0.731. The molecule has 16 heavy (non-hydrogen) atoms. The van der Waals surface area contributed by atoms with E-state index in [2.05, 4.69) is 10.3 Å². The SMILES string of the molecule is COc1ccc(NC(=O)/C=C/C(=O)O)cn1. The van der Waals surface area contributed by atoms with Crippen LogP contribution in [0.4, 0.5) is 5.69 Å². The van der Waals surface area contributed by atoms with Gasteiger partial charge in [-0.2, -0.15) is 0 Å². The summed E-state index contributed by atoms with van der Waals surface area (Å²) in [6, 6.07) is 3.18. The van der Waals surface area contributed by atoms with Crippen LogP contribution in [-0.4, -0.2) is 29.1 Å². The highest BCUT2D eigenvalue weighted by molar-refractivity contribution is 6.02. The van der Waals surface area contributed by atoms with E-state index < -0.39 is 11.9 Å². The van der Waals surface area contributed by atoms with Crippen LogP contribution >= 0.6 is 0 Å². The number of carboxylic acid groups (broad SMARTS) is 1. The van der Waals surface area contributed by atoms with Crippen LogP contribution in [0.15, 0.2) is 30.5 Å². The first kappa shape index (κ1) is 11.7. The fourth-order valence-electron chi connectivity index (χ4n) is 0.906. The highest BCUT2D eigenvalue weighted by Gasteiger charge is 1.99. The number of aromatic nitrogens is 1. The van der Waals surface area contributed by atoms with E-state index in [0.29, 0.717) is 11.6 Å². The second-order valence-electron chi connectivity index (χ2n) is 2.75. The van der Waals surface area contributed by atoms with Crippen molar-refractivity contribution in [3.05, 3.63) is 30.5 Å². The number of carbonyl (C=O) groups excluding carboxylic acids is 1. The summed E-state index contributed by atoms with van der Waals surface area (Å²) in [5.41, 5.74) is 0.459. The molecule has 0 aliphatic carbocycles. The number of ether oxygens (including phenoxy) is 1. The largest absolute Gasteiger partial charge is 0.481 e. The first-order valence-electron chi connectivity index (χ1n) is 4.34. The Morgan fingerprint density at radius 2 is 2.19 bits per heavy atom. The number of nitrogens with one attached hydrogen (secondary N) is 1. The Morgan fingerprint density at radius 1 is 1.44 bits per heavy atom. The fraction of sp³-hybridized carbons (Fsp3) is 0.100. The van der Waals surface area contributed by atoms with Gasteiger partial charge in [0.15, 0.2) is 0 Å². The summed E-state index contributed by atoms with van der Waals surface area (Å²) in [5.74, 6) is -1.28. The van der Waals surface area contributed by atoms with Gasteiger partial charge in [0, 0.05) is 18.2 Å². The lowest BCUT2D eigenvalue weighted by Gasteiger charge is -2.02. The minimum atomic E-state index is -1.18. The Labute approximate surface area is 91.6 Å². The molecule has 84 valence electrons. The molecule has 0 atom stereocenters. The molecule has 0 fully saturated rings. The number of pyridine rings is 1. The van der Waals surface area contributed by atoms with Crippen LogP contribution < -0.4 is 10.1 Å². The van der Waals surface area contributed by atoms with Crippen LogP contribution in [0.3, 0.4) is 0 Å². The van der Waals surface area contributed by atoms with Crippen molar-refractivity contribution in [1.29, 1.82) is 0 Å². The number of aliphatic carboxylic acids is 1. The maximum atomic E-state index is 11.2. The number of carboxylic acids is 1. The molecular formula is C10H10N2O4. The second kappa shape index (κ2) is 5.50. The predicted octanol–water partition coefficient (Wildman–Crippen LogP) is 0.669. The van der Waals surface area contributed by atoms with Crippen LogP contribution in [0, 0.1) is 0 Å². The molecule has 6 heteroatoms. The normalized spacial score (nSPS) is 10.1. The van der Waals surface area contributed by atoms with Crippen molar-refractivity contribution < 1.29 is 19.4 Å². The third kappa shape index (κ3) is 3.79. The van der Waals surface area contributed by atoms with Crippen molar-refractivity contribution in [3.8, 4) is 5.88 Å². The molecule has 0 aliphatic heterocycles. The van der Waals surface area contributed by atoms with Crippen molar-refractivity contribution in [3.63, 3.8) is 0 Å². The Hall–Kier alpha value is -2.37. The van der Waals surface area contributed by atoms with Gasteiger partial charge >= 0.3 is 5.97 Å². The van der Waals surface area contributed by atoms with Crippen LogP contribution in [0.1, 0.15) is 0 Å². The lowest BCUT2D eigenvalue weighted by Crippen LogP contribution is -2.08. The first-order valence-corrected chi connectivity index (χ1v) is 4.34. The maximum Gasteiger partial charge on any atom is 0.328 e. The second-order valence-corrected chi connectivity index (χ2v) is 2.75. The third-order valence-electron chi connectivity index (χ3n) is 1.59. The van der Waals surface area contributed by atoms with Crippen molar-refractivity contribution in [2.75, 3.05) is 12.4 Å². The lowest BCUT2D eigenvalue weighted by atomic mass is 10.4. The van der Waals surface area contributed by atoms with Gasteiger partial charge in [-0.3, -0.25) is 4.79 Å². The van der Waals surface area contributed by atoms with Crippen molar-refractivity contribution in [2.24, 2.45) is 0 Å². The minimum Gasteiger partial charge on any atom is -0.481 e. The number of hydrogen-bond acceptors (Lipinski definition) is 4. The van der Waals surface area contributed by atoms with Crippen LogP contribution in [-0.2, 0) is 9.59 Å². The number of amides is 1. The summed E-state index contributed by atoms with van der Waals surface area (Å²) in [7, 11) is 1.48. The van der Waals surface area contributed by atoms with Gasteiger partial charge in [-0.25, -0.2) is 9.78 Å². The molecule has 1 heterocycles. The number of carbonyl (C=O) groups is 2.